The minimum atomic E-state index is -0.432. The number of amides is 1. The molecule has 8 heteroatoms. The van der Waals surface area contributed by atoms with Crippen molar-refractivity contribution < 1.29 is 13.6 Å². The number of thioether (sulfide) groups is 1. The predicted octanol–water partition coefficient (Wildman–Crippen LogP) is 4.94. The molecular weight excluding hydrogens is 406 g/mol. The Morgan fingerprint density at radius 3 is 2.47 bits per heavy atom. The summed E-state index contributed by atoms with van der Waals surface area (Å²) in [6.45, 7) is 0. The SMILES string of the molecule is O=C(CSc1nnc(-c2ccccc2F)n1-c1ccccc1)Nc1cccc(F)c1. The number of hydrogen-bond donors (Lipinski definition) is 1. The number of carbonyl (C=O) groups excluding carboxylic acids is 1. The minimum Gasteiger partial charge on any atom is -0.325 e. The van der Waals surface area contributed by atoms with Crippen molar-refractivity contribution >= 4 is 23.4 Å². The largest absolute Gasteiger partial charge is 0.325 e. The van der Waals surface area contributed by atoms with E-state index in [0.717, 1.165) is 17.4 Å². The van der Waals surface area contributed by atoms with E-state index < -0.39 is 11.6 Å². The molecule has 0 saturated carbocycles. The van der Waals surface area contributed by atoms with Gasteiger partial charge in [-0.05, 0) is 42.5 Å². The number of halogens is 2. The predicted molar refractivity (Wildman–Crippen MR) is 113 cm³/mol. The van der Waals surface area contributed by atoms with Crippen LogP contribution in [0, 0.1) is 11.6 Å². The number of nitrogens with one attached hydrogen (secondary N) is 1. The van der Waals surface area contributed by atoms with Crippen molar-refractivity contribution in [3.05, 3.63) is 90.5 Å². The zero-order valence-corrected chi connectivity index (χ0v) is 16.4. The summed E-state index contributed by atoms with van der Waals surface area (Å²) in [6.07, 6.45) is 0. The second-order valence-corrected chi connectivity index (χ2v) is 7.25. The fourth-order valence-electron chi connectivity index (χ4n) is 2.88. The van der Waals surface area contributed by atoms with Crippen molar-refractivity contribution in [3.63, 3.8) is 0 Å². The maximum Gasteiger partial charge on any atom is 0.234 e. The van der Waals surface area contributed by atoms with E-state index >= 15 is 0 Å². The quantitative estimate of drug-likeness (QED) is 0.447. The molecule has 150 valence electrons. The number of hydrogen-bond acceptors (Lipinski definition) is 4. The first-order chi connectivity index (χ1) is 14.6. The van der Waals surface area contributed by atoms with Gasteiger partial charge in [0.05, 0.1) is 11.3 Å². The van der Waals surface area contributed by atoms with Crippen molar-refractivity contribution in [2.24, 2.45) is 0 Å². The number of para-hydroxylation sites is 1. The molecule has 0 saturated heterocycles. The third-order valence-corrected chi connectivity index (χ3v) is 5.13. The summed E-state index contributed by atoms with van der Waals surface area (Å²) in [5.41, 5.74) is 1.43. The molecule has 1 heterocycles. The Morgan fingerprint density at radius 2 is 1.70 bits per heavy atom. The van der Waals surface area contributed by atoms with Crippen LogP contribution in [0.3, 0.4) is 0 Å². The Bertz CT molecular complexity index is 1180. The third kappa shape index (κ3) is 4.38. The molecule has 1 N–H and O–H groups in total. The molecule has 1 aromatic heterocycles. The lowest BCUT2D eigenvalue weighted by atomic mass is 10.2. The van der Waals surface area contributed by atoms with Crippen molar-refractivity contribution in [2.45, 2.75) is 5.16 Å². The molecule has 0 aliphatic rings. The first-order valence-corrected chi connectivity index (χ1v) is 10.0. The van der Waals surface area contributed by atoms with E-state index in [4.69, 9.17) is 0 Å². The van der Waals surface area contributed by atoms with Gasteiger partial charge in [-0.15, -0.1) is 10.2 Å². The topological polar surface area (TPSA) is 59.8 Å². The Kier molecular flexibility index (Phi) is 5.85. The zero-order valence-electron chi connectivity index (χ0n) is 15.6. The number of benzene rings is 3. The van der Waals surface area contributed by atoms with Crippen molar-refractivity contribution in [2.75, 3.05) is 11.1 Å². The Balaban J connectivity index is 1.60. The fraction of sp³-hybridized carbons (Fsp3) is 0.0455. The van der Waals surface area contributed by atoms with E-state index in [1.54, 1.807) is 28.8 Å². The molecule has 0 aliphatic heterocycles. The highest BCUT2D eigenvalue weighted by Gasteiger charge is 2.19. The second kappa shape index (κ2) is 8.87. The number of rotatable bonds is 6. The van der Waals surface area contributed by atoms with Gasteiger partial charge in [0.2, 0.25) is 5.91 Å². The van der Waals surface area contributed by atoms with Gasteiger partial charge in [-0.3, -0.25) is 9.36 Å². The molecule has 0 unspecified atom stereocenters. The van der Waals surface area contributed by atoms with Crippen molar-refractivity contribution in [1.29, 1.82) is 0 Å². The van der Waals surface area contributed by atoms with Crippen molar-refractivity contribution in [3.8, 4) is 17.1 Å². The van der Waals surface area contributed by atoms with Crippen LogP contribution in [0.2, 0.25) is 0 Å². The molecule has 0 radical (unpaired) electrons. The highest BCUT2D eigenvalue weighted by molar-refractivity contribution is 7.99. The molecular formula is C22H16F2N4OS. The standard InChI is InChI=1S/C22H16F2N4OS/c23-15-7-6-8-16(13-15)25-20(29)14-30-22-27-26-21(18-11-4-5-12-19(18)24)28(22)17-9-2-1-3-10-17/h1-13H,14H2,(H,25,29). The van der Waals surface area contributed by atoms with Gasteiger partial charge >= 0.3 is 0 Å². The van der Waals surface area contributed by atoms with Crippen LogP contribution in [0.5, 0.6) is 0 Å². The first kappa shape index (κ1) is 19.8. The second-order valence-electron chi connectivity index (χ2n) is 6.30. The van der Waals surface area contributed by atoms with Gasteiger partial charge in [0, 0.05) is 11.4 Å². The molecule has 0 fully saturated rings. The van der Waals surface area contributed by atoms with Crippen LogP contribution >= 0.6 is 11.8 Å². The lowest BCUT2D eigenvalue weighted by Crippen LogP contribution is -2.14. The summed E-state index contributed by atoms with van der Waals surface area (Å²) in [4.78, 5) is 12.3. The molecule has 5 nitrogen and oxygen atoms in total. The summed E-state index contributed by atoms with van der Waals surface area (Å²) in [5.74, 6) is -0.798. The molecule has 0 bridgehead atoms. The van der Waals surface area contributed by atoms with E-state index in [0.29, 0.717) is 22.2 Å². The molecule has 30 heavy (non-hydrogen) atoms. The maximum absolute atomic E-state index is 14.4. The molecule has 0 spiro atoms. The van der Waals surface area contributed by atoms with Crippen LogP contribution in [-0.2, 0) is 4.79 Å². The van der Waals surface area contributed by atoms with Crippen LogP contribution in [0.25, 0.3) is 17.1 Å². The van der Waals surface area contributed by atoms with Gasteiger partial charge in [0.15, 0.2) is 11.0 Å². The molecule has 0 aliphatic carbocycles. The van der Waals surface area contributed by atoms with E-state index in [2.05, 4.69) is 15.5 Å². The lowest BCUT2D eigenvalue weighted by Gasteiger charge is -2.11. The third-order valence-electron chi connectivity index (χ3n) is 4.20. The van der Waals surface area contributed by atoms with Crippen LogP contribution in [0.4, 0.5) is 14.5 Å². The summed E-state index contributed by atoms with van der Waals surface area (Å²) in [5, 5.41) is 11.4. The van der Waals surface area contributed by atoms with Crippen LogP contribution < -0.4 is 5.32 Å². The zero-order chi connectivity index (χ0) is 20.9. The van der Waals surface area contributed by atoms with Gasteiger partial charge in [-0.1, -0.05) is 48.2 Å². The van der Waals surface area contributed by atoms with Crippen LogP contribution in [0.15, 0.2) is 84.0 Å². The summed E-state index contributed by atoms with van der Waals surface area (Å²) >= 11 is 1.16. The minimum absolute atomic E-state index is 0.0265. The monoisotopic (exact) mass is 422 g/mol. The van der Waals surface area contributed by atoms with Gasteiger partial charge < -0.3 is 5.32 Å². The number of anilines is 1. The molecule has 3 aromatic carbocycles. The highest BCUT2D eigenvalue weighted by atomic mass is 32.2. The van der Waals surface area contributed by atoms with Crippen LogP contribution in [0.1, 0.15) is 0 Å². The Labute approximate surface area is 175 Å². The summed E-state index contributed by atoms with van der Waals surface area (Å²) in [7, 11) is 0. The van der Waals surface area contributed by atoms with E-state index in [1.165, 1.54) is 24.3 Å². The summed E-state index contributed by atoms with van der Waals surface area (Å²) in [6, 6.07) is 21.3. The number of aromatic nitrogens is 3. The van der Waals surface area contributed by atoms with Crippen molar-refractivity contribution in [1.82, 2.24) is 14.8 Å². The Hall–Kier alpha value is -3.52. The van der Waals surface area contributed by atoms with E-state index in [9.17, 15) is 13.6 Å². The van der Waals surface area contributed by atoms with E-state index in [1.807, 2.05) is 30.3 Å². The van der Waals surface area contributed by atoms with Crippen LogP contribution in [-0.4, -0.2) is 26.4 Å². The smallest absolute Gasteiger partial charge is 0.234 e. The van der Waals surface area contributed by atoms with Gasteiger partial charge in [-0.2, -0.15) is 0 Å². The number of carbonyl (C=O) groups is 1. The Morgan fingerprint density at radius 1 is 0.933 bits per heavy atom. The normalized spacial score (nSPS) is 10.7. The van der Waals surface area contributed by atoms with Gasteiger partial charge in [-0.25, -0.2) is 8.78 Å². The first-order valence-electron chi connectivity index (χ1n) is 9.06. The average Bonchev–Trinajstić information content (AvgIpc) is 3.17. The molecule has 1 amide bonds. The average molecular weight is 422 g/mol. The molecule has 0 atom stereocenters. The molecule has 4 aromatic rings. The van der Waals surface area contributed by atoms with Gasteiger partial charge in [0.1, 0.15) is 11.6 Å². The summed E-state index contributed by atoms with van der Waals surface area (Å²) < 4.78 is 29.4. The maximum atomic E-state index is 14.4. The van der Waals surface area contributed by atoms with Gasteiger partial charge in [0.25, 0.3) is 0 Å². The number of nitrogens with zero attached hydrogens (tertiary/aromatic N) is 3. The lowest BCUT2D eigenvalue weighted by molar-refractivity contribution is -0.113. The highest BCUT2D eigenvalue weighted by Crippen LogP contribution is 2.29. The molecule has 4 rings (SSSR count). The fourth-order valence-corrected chi connectivity index (χ4v) is 3.64. The van der Waals surface area contributed by atoms with E-state index in [-0.39, 0.29) is 11.7 Å².